The number of pyridine rings is 1. The zero-order valence-electron chi connectivity index (χ0n) is 8.28. The number of aromatic nitrogens is 2. The van der Waals surface area contributed by atoms with Crippen molar-refractivity contribution in [3.05, 3.63) is 44.8 Å². The number of thiazole rings is 1. The van der Waals surface area contributed by atoms with Gasteiger partial charge in [0.15, 0.2) is 0 Å². The minimum absolute atomic E-state index is 0.0155. The summed E-state index contributed by atoms with van der Waals surface area (Å²) in [5, 5.41) is 5.06. The Bertz CT molecular complexity index is 503. The number of hydrogen-bond donors (Lipinski definition) is 2. The zero-order valence-corrected chi connectivity index (χ0v) is 9.10. The maximum Gasteiger partial charge on any atom is 0.304 e. The van der Waals surface area contributed by atoms with Gasteiger partial charge in [-0.15, -0.1) is 0 Å². The molecule has 2 N–H and O–H groups in total. The average Bonchev–Trinajstić information content (AvgIpc) is 2.63. The largest absolute Gasteiger partial charge is 0.379 e. The maximum atomic E-state index is 10.9. The van der Waals surface area contributed by atoms with Crippen molar-refractivity contribution in [1.29, 1.82) is 0 Å². The van der Waals surface area contributed by atoms with E-state index in [0.29, 0.717) is 6.54 Å². The molecule has 4 nitrogen and oxygen atoms in total. The number of nitrogens with one attached hydrogen (secondary N) is 2. The van der Waals surface area contributed by atoms with Crippen molar-refractivity contribution in [1.82, 2.24) is 9.97 Å². The molecule has 2 rings (SSSR count). The summed E-state index contributed by atoms with van der Waals surface area (Å²) in [5.74, 6) is 0. The third kappa shape index (κ3) is 2.44. The Morgan fingerprint density at radius 1 is 1.60 bits per heavy atom. The molecule has 0 aliphatic rings. The van der Waals surface area contributed by atoms with E-state index < -0.39 is 0 Å². The molecule has 15 heavy (non-hydrogen) atoms. The van der Waals surface area contributed by atoms with Crippen molar-refractivity contribution >= 4 is 17.0 Å². The third-order valence-electron chi connectivity index (χ3n) is 2.06. The molecule has 2 aromatic rings. The Labute approximate surface area is 91.0 Å². The lowest BCUT2D eigenvalue weighted by molar-refractivity contribution is 1.05. The topological polar surface area (TPSA) is 57.8 Å². The van der Waals surface area contributed by atoms with Gasteiger partial charge >= 0.3 is 4.87 Å². The van der Waals surface area contributed by atoms with E-state index in [9.17, 15) is 4.79 Å². The highest BCUT2D eigenvalue weighted by molar-refractivity contribution is 7.07. The second-order valence-electron chi connectivity index (χ2n) is 3.22. The van der Waals surface area contributed by atoms with E-state index in [1.165, 1.54) is 11.3 Å². The van der Waals surface area contributed by atoms with Gasteiger partial charge in [-0.3, -0.25) is 9.78 Å². The van der Waals surface area contributed by atoms with Crippen LogP contribution in [-0.4, -0.2) is 9.97 Å². The first-order valence-corrected chi connectivity index (χ1v) is 5.45. The van der Waals surface area contributed by atoms with E-state index in [2.05, 4.69) is 15.3 Å². The van der Waals surface area contributed by atoms with Gasteiger partial charge in [-0.1, -0.05) is 11.3 Å². The van der Waals surface area contributed by atoms with Crippen molar-refractivity contribution in [2.45, 2.75) is 13.5 Å². The highest BCUT2D eigenvalue weighted by atomic mass is 32.1. The molecular weight excluding hydrogens is 210 g/mol. The summed E-state index contributed by atoms with van der Waals surface area (Å²) in [6.07, 6.45) is 3.55. The fourth-order valence-electron chi connectivity index (χ4n) is 1.26. The second-order valence-corrected chi connectivity index (χ2v) is 4.06. The summed E-state index contributed by atoms with van der Waals surface area (Å²) in [6.45, 7) is 2.62. The lowest BCUT2D eigenvalue weighted by atomic mass is 10.2. The number of aromatic amines is 1. The van der Waals surface area contributed by atoms with E-state index in [0.717, 1.165) is 16.9 Å². The normalized spacial score (nSPS) is 10.2. The van der Waals surface area contributed by atoms with Gasteiger partial charge in [-0.2, -0.15) is 0 Å². The first-order valence-electron chi connectivity index (χ1n) is 4.57. The van der Waals surface area contributed by atoms with Gasteiger partial charge in [0.25, 0.3) is 0 Å². The van der Waals surface area contributed by atoms with Crippen LogP contribution in [0.15, 0.2) is 28.6 Å². The lowest BCUT2D eigenvalue weighted by Crippen LogP contribution is -2.03. The average molecular weight is 221 g/mol. The number of hydrogen-bond acceptors (Lipinski definition) is 4. The summed E-state index contributed by atoms with van der Waals surface area (Å²) in [6, 6.07) is 1.92. The summed E-state index contributed by atoms with van der Waals surface area (Å²) in [4.78, 5) is 17.6. The first-order chi connectivity index (χ1) is 7.25. The van der Waals surface area contributed by atoms with Crippen molar-refractivity contribution in [3.8, 4) is 0 Å². The van der Waals surface area contributed by atoms with Crippen LogP contribution in [0.5, 0.6) is 0 Å². The van der Waals surface area contributed by atoms with Gasteiger partial charge in [0.05, 0.1) is 6.54 Å². The molecule has 5 heteroatoms. The van der Waals surface area contributed by atoms with Gasteiger partial charge in [0.1, 0.15) is 0 Å². The SMILES string of the molecule is Cc1cnccc1NCc1csc(=O)[nH]1. The second kappa shape index (κ2) is 4.27. The van der Waals surface area contributed by atoms with E-state index in [-0.39, 0.29) is 4.87 Å². The Balaban J connectivity index is 2.05. The molecule has 0 aliphatic carbocycles. The fourth-order valence-corrected chi connectivity index (χ4v) is 1.84. The number of aryl methyl sites for hydroxylation is 1. The highest BCUT2D eigenvalue weighted by Gasteiger charge is 1.98. The van der Waals surface area contributed by atoms with Crippen LogP contribution in [0, 0.1) is 6.92 Å². The number of rotatable bonds is 3. The third-order valence-corrected chi connectivity index (χ3v) is 2.78. The quantitative estimate of drug-likeness (QED) is 0.830. The van der Waals surface area contributed by atoms with Crippen LogP contribution in [-0.2, 0) is 6.54 Å². The molecule has 2 heterocycles. The molecule has 0 atom stereocenters. The zero-order chi connectivity index (χ0) is 10.7. The van der Waals surface area contributed by atoms with Crippen LogP contribution in [0.4, 0.5) is 5.69 Å². The molecule has 2 aromatic heterocycles. The Morgan fingerprint density at radius 3 is 3.13 bits per heavy atom. The molecule has 0 unspecified atom stereocenters. The molecule has 0 radical (unpaired) electrons. The smallest absolute Gasteiger partial charge is 0.304 e. The van der Waals surface area contributed by atoms with Crippen LogP contribution >= 0.6 is 11.3 Å². The van der Waals surface area contributed by atoms with Crippen molar-refractivity contribution in [2.24, 2.45) is 0 Å². The van der Waals surface area contributed by atoms with Crippen LogP contribution in [0.3, 0.4) is 0 Å². The Kier molecular flexibility index (Phi) is 2.82. The van der Waals surface area contributed by atoms with Crippen LogP contribution in [0.1, 0.15) is 11.3 Å². The van der Waals surface area contributed by atoms with E-state index in [1.807, 2.05) is 18.4 Å². The van der Waals surface area contributed by atoms with Gasteiger partial charge in [0, 0.05) is 29.2 Å². The summed E-state index contributed by atoms with van der Waals surface area (Å²) >= 11 is 1.18. The van der Waals surface area contributed by atoms with Gasteiger partial charge < -0.3 is 10.3 Å². The number of nitrogens with zero attached hydrogens (tertiary/aromatic N) is 1. The van der Waals surface area contributed by atoms with Crippen LogP contribution in [0.2, 0.25) is 0 Å². The molecular formula is C10H11N3OS. The molecule has 0 aliphatic heterocycles. The molecule has 78 valence electrons. The monoisotopic (exact) mass is 221 g/mol. The Hall–Kier alpha value is -1.62. The van der Waals surface area contributed by atoms with Crippen molar-refractivity contribution in [2.75, 3.05) is 5.32 Å². The first kappa shape index (κ1) is 9.92. The molecule has 0 saturated heterocycles. The fraction of sp³-hybridized carbons (Fsp3) is 0.200. The number of H-pyrrole nitrogens is 1. The van der Waals surface area contributed by atoms with Crippen LogP contribution in [0.25, 0.3) is 0 Å². The Morgan fingerprint density at radius 2 is 2.47 bits per heavy atom. The molecule has 0 spiro atoms. The van der Waals surface area contributed by atoms with E-state index in [1.54, 1.807) is 12.4 Å². The summed E-state index contributed by atoms with van der Waals surface area (Å²) < 4.78 is 0. The van der Waals surface area contributed by atoms with E-state index in [4.69, 9.17) is 0 Å². The summed E-state index contributed by atoms with van der Waals surface area (Å²) in [5.41, 5.74) is 3.04. The van der Waals surface area contributed by atoms with E-state index >= 15 is 0 Å². The molecule has 0 saturated carbocycles. The molecule has 0 amide bonds. The standard InChI is InChI=1S/C10H11N3OS/c1-7-4-11-3-2-9(7)12-5-8-6-15-10(14)13-8/h2-4,6H,5H2,1H3,(H,11,12)(H,13,14). The molecule has 0 aromatic carbocycles. The summed E-state index contributed by atoms with van der Waals surface area (Å²) in [7, 11) is 0. The minimum Gasteiger partial charge on any atom is -0.379 e. The minimum atomic E-state index is -0.0155. The van der Waals surface area contributed by atoms with Crippen LogP contribution < -0.4 is 10.2 Å². The predicted octanol–water partition coefficient (Wildman–Crippen LogP) is 1.75. The maximum absolute atomic E-state index is 10.9. The van der Waals surface area contributed by atoms with Gasteiger partial charge in [-0.25, -0.2) is 0 Å². The highest BCUT2D eigenvalue weighted by Crippen LogP contribution is 2.12. The van der Waals surface area contributed by atoms with Gasteiger partial charge in [0.2, 0.25) is 0 Å². The van der Waals surface area contributed by atoms with Crippen molar-refractivity contribution < 1.29 is 0 Å². The van der Waals surface area contributed by atoms with Gasteiger partial charge in [-0.05, 0) is 18.6 Å². The van der Waals surface area contributed by atoms with Crippen molar-refractivity contribution in [3.63, 3.8) is 0 Å². The predicted molar refractivity (Wildman–Crippen MR) is 61.2 cm³/mol. The molecule has 0 fully saturated rings. The molecule has 0 bridgehead atoms. The lowest BCUT2D eigenvalue weighted by Gasteiger charge is -2.06. The number of anilines is 1.